The third-order valence-electron chi connectivity index (χ3n) is 8.10. The van der Waals surface area contributed by atoms with E-state index >= 15 is 0 Å². The number of imidazole rings is 1. The van der Waals surface area contributed by atoms with E-state index in [2.05, 4.69) is 11.9 Å². The highest BCUT2D eigenvalue weighted by atomic mass is 32.1. The number of esters is 1. The number of fused-ring (bicyclic) bond motifs is 1. The maximum Gasteiger partial charge on any atom is 0.420 e. The number of carbonyl (C=O) groups is 3. The second-order valence-electron chi connectivity index (χ2n) is 13.0. The summed E-state index contributed by atoms with van der Waals surface area (Å²) in [6.45, 7) is 11.7. The smallest absolute Gasteiger partial charge is 0.420 e. The third-order valence-corrected chi connectivity index (χ3v) is 9.26. The Hall–Kier alpha value is -3.98. The molecule has 0 unspecified atom stereocenters. The van der Waals surface area contributed by atoms with E-state index in [4.69, 9.17) is 9.47 Å². The fourth-order valence-electron chi connectivity index (χ4n) is 5.77. The Morgan fingerprint density at radius 1 is 0.955 bits per heavy atom. The summed E-state index contributed by atoms with van der Waals surface area (Å²) in [7, 11) is 1.37. The van der Waals surface area contributed by atoms with Gasteiger partial charge in [-0.3, -0.25) is 4.79 Å². The van der Waals surface area contributed by atoms with E-state index in [1.807, 2.05) is 83.1 Å². The quantitative estimate of drug-likeness (QED) is 0.202. The Morgan fingerprint density at radius 3 is 2.20 bits per heavy atom. The molecule has 1 saturated carbocycles. The first-order chi connectivity index (χ1) is 20.9. The molecule has 5 rings (SSSR count). The van der Waals surface area contributed by atoms with Crippen LogP contribution < -0.4 is 4.90 Å². The zero-order valence-electron chi connectivity index (χ0n) is 26.5. The van der Waals surface area contributed by atoms with Crippen molar-refractivity contribution >= 4 is 46.0 Å². The van der Waals surface area contributed by atoms with Crippen molar-refractivity contribution in [2.75, 3.05) is 12.0 Å². The molecule has 1 aliphatic rings. The van der Waals surface area contributed by atoms with Crippen molar-refractivity contribution in [1.82, 2.24) is 9.55 Å². The molecule has 2 heterocycles. The molecule has 44 heavy (non-hydrogen) atoms. The third kappa shape index (κ3) is 6.58. The number of ether oxygens (including phenoxy) is 2. The average Bonchev–Trinajstić information content (AvgIpc) is 3.61. The van der Waals surface area contributed by atoms with Gasteiger partial charge in [-0.1, -0.05) is 37.3 Å². The SMILES string of the molecule is COC(=O)c1sc(-c2ccc(-c3ccc4ncn(C(=O)OC(C)(C)C)c4c3)cc2)cc1N(C(=O)[C@H]1CC[C@H](C)CC1)C(C)C. The summed E-state index contributed by atoms with van der Waals surface area (Å²) in [5, 5.41) is 0. The number of benzene rings is 2. The van der Waals surface area contributed by atoms with Crippen LogP contribution in [-0.2, 0) is 14.3 Å². The van der Waals surface area contributed by atoms with Crippen LogP contribution in [-0.4, -0.2) is 46.3 Å². The van der Waals surface area contributed by atoms with Crippen LogP contribution in [0.2, 0.25) is 0 Å². The zero-order chi connectivity index (χ0) is 31.8. The number of amides is 1. The molecule has 0 aliphatic heterocycles. The maximum absolute atomic E-state index is 13.8. The molecule has 4 aromatic rings. The van der Waals surface area contributed by atoms with E-state index < -0.39 is 17.7 Å². The van der Waals surface area contributed by atoms with Crippen LogP contribution >= 0.6 is 11.3 Å². The lowest BCUT2D eigenvalue weighted by Gasteiger charge is -2.33. The van der Waals surface area contributed by atoms with Gasteiger partial charge >= 0.3 is 12.1 Å². The lowest BCUT2D eigenvalue weighted by atomic mass is 9.82. The van der Waals surface area contributed by atoms with E-state index in [0.29, 0.717) is 27.5 Å². The first-order valence-electron chi connectivity index (χ1n) is 15.2. The highest BCUT2D eigenvalue weighted by molar-refractivity contribution is 7.18. The second kappa shape index (κ2) is 12.6. The summed E-state index contributed by atoms with van der Waals surface area (Å²) < 4.78 is 12.1. The van der Waals surface area contributed by atoms with Crippen LogP contribution in [0, 0.1) is 11.8 Å². The molecule has 0 saturated heterocycles. The van der Waals surface area contributed by atoms with Crippen molar-refractivity contribution in [3.05, 3.63) is 59.7 Å². The van der Waals surface area contributed by atoms with Gasteiger partial charge in [0, 0.05) is 16.8 Å². The summed E-state index contributed by atoms with van der Waals surface area (Å²) in [4.78, 5) is 47.0. The van der Waals surface area contributed by atoms with Gasteiger partial charge in [0.25, 0.3) is 0 Å². The van der Waals surface area contributed by atoms with Crippen LogP contribution in [0.3, 0.4) is 0 Å². The van der Waals surface area contributed by atoms with Crippen LogP contribution in [0.25, 0.3) is 32.6 Å². The monoisotopic (exact) mass is 615 g/mol. The van der Waals surface area contributed by atoms with E-state index in [1.165, 1.54) is 29.3 Å². The molecule has 232 valence electrons. The van der Waals surface area contributed by atoms with Gasteiger partial charge in [0.05, 0.1) is 23.8 Å². The van der Waals surface area contributed by atoms with E-state index in [1.54, 1.807) is 4.90 Å². The Labute approximate surface area is 263 Å². The number of hydrogen-bond acceptors (Lipinski definition) is 7. The van der Waals surface area contributed by atoms with Crippen LogP contribution in [0.1, 0.15) is 76.9 Å². The summed E-state index contributed by atoms with van der Waals surface area (Å²) >= 11 is 1.34. The predicted molar refractivity (Wildman–Crippen MR) is 175 cm³/mol. The fraction of sp³-hybridized carbons (Fsp3) is 0.429. The minimum Gasteiger partial charge on any atom is -0.465 e. The number of carbonyl (C=O) groups excluding carboxylic acids is 3. The van der Waals surface area contributed by atoms with Crippen LogP contribution in [0.5, 0.6) is 0 Å². The molecule has 1 amide bonds. The maximum atomic E-state index is 13.8. The molecule has 2 aromatic carbocycles. The number of hydrogen-bond donors (Lipinski definition) is 0. The number of methoxy groups -OCH3 is 1. The van der Waals surface area contributed by atoms with Gasteiger partial charge in [-0.2, -0.15) is 0 Å². The predicted octanol–water partition coefficient (Wildman–Crippen LogP) is 8.57. The molecule has 1 aliphatic carbocycles. The molecule has 0 bridgehead atoms. The van der Waals surface area contributed by atoms with Gasteiger partial charge < -0.3 is 14.4 Å². The molecule has 0 N–H and O–H groups in total. The standard InChI is InChI=1S/C35H41N3O5S/c1-21(2)38(32(39)25-10-8-22(3)9-11-25)29-19-30(44-31(29)33(40)42-7)24-14-12-23(13-15-24)26-16-17-27-28(18-26)37(20-36-27)34(41)43-35(4,5)6/h12-22,25H,8-11H2,1-7H3/t22-,25-. The van der Waals surface area contributed by atoms with Gasteiger partial charge in [0.2, 0.25) is 5.91 Å². The van der Waals surface area contributed by atoms with Crippen molar-refractivity contribution in [3.8, 4) is 21.6 Å². The summed E-state index contributed by atoms with van der Waals surface area (Å²) in [6, 6.07) is 15.7. The van der Waals surface area contributed by atoms with Crippen molar-refractivity contribution in [3.63, 3.8) is 0 Å². The second-order valence-corrected chi connectivity index (χ2v) is 14.0. The number of rotatable bonds is 6. The first kappa shape index (κ1) is 31.4. The van der Waals surface area contributed by atoms with E-state index in [-0.39, 0.29) is 17.9 Å². The van der Waals surface area contributed by atoms with Gasteiger partial charge in [-0.25, -0.2) is 19.1 Å². The van der Waals surface area contributed by atoms with Crippen molar-refractivity contribution in [1.29, 1.82) is 0 Å². The molecule has 0 radical (unpaired) electrons. The summed E-state index contributed by atoms with van der Waals surface area (Å²) in [5.41, 5.74) is 4.17. The van der Waals surface area contributed by atoms with Gasteiger partial charge in [-0.05, 0) is 101 Å². The summed E-state index contributed by atoms with van der Waals surface area (Å²) in [6.07, 6.45) is 4.85. The molecule has 1 fully saturated rings. The Kier molecular flexibility index (Phi) is 8.97. The molecule has 8 nitrogen and oxygen atoms in total. The Balaban J connectivity index is 1.45. The topological polar surface area (TPSA) is 90.7 Å². The lowest BCUT2D eigenvalue weighted by Crippen LogP contribution is -2.42. The summed E-state index contributed by atoms with van der Waals surface area (Å²) in [5.74, 6) is 0.240. The minimum absolute atomic E-state index is 0.0364. The number of aromatic nitrogens is 2. The molecular formula is C35H41N3O5S. The van der Waals surface area contributed by atoms with Crippen LogP contribution in [0.4, 0.5) is 10.5 Å². The molecule has 9 heteroatoms. The molecule has 0 spiro atoms. The van der Waals surface area contributed by atoms with Crippen LogP contribution in [0.15, 0.2) is 54.9 Å². The van der Waals surface area contributed by atoms with Gasteiger partial charge in [-0.15, -0.1) is 11.3 Å². The first-order valence-corrected chi connectivity index (χ1v) is 16.0. The highest BCUT2D eigenvalue weighted by Crippen LogP contribution is 2.41. The molecule has 0 atom stereocenters. The Bertz CT molecular complexity index is 1670. The zero-order valence-corrected chi connectivity index (χ0v) is 27.4. The van der Waals surface area contributed by atoms with Crippen molar-refractivity contribution in [2.24, 2.45) is 11.8 Å². The van der Waals surface area contributed by atoms with Crippen molar-refractivity contribution < 1.29 is 23.9 Å². The fourth-order valence-corrected chi connectivity index (χ4v) is 6.84. The number of anilines is 1. The highest BCUT2D eigenvalue weighted by Gasteiger charge is 2.33. The number of thiophene rings is 1. The van der Waals surface area contributed by atoms with Crippen molar-refractivity contribution in [2.45, 2.75) is 78.9 Å². The van der Waals surface area contributed by atoms with E-state index in [9.17, 15) is 14.4 Å². The lowest BCUT2D eigenvalue weighted by molar-refractivity contribution is -0.123. The molecular weight excluding hydrogens is 574 g/mol. The largest absolute Gasteiger partial charge is 0.465 e. The van der Waals surface area contributed by atoms with E-state index in [0.717, 1.165) is 47.3 Å². The average molecular weight is 616 g/mol. The van der Waals surface area contributed by atoms with Gasteiger partial charge in [0.1, 0.15) is 16.8 Å². The van der Waals surface area contributed by atoms with Gasteiger partial charge in [0.15, 0.2) is 0 Å². The normalized spacial score (nSPS) is 17.1. The molecule has 2 aromatic heterocycles. The Morgan fingerprint density at radius 2 is 1.59 bits per heavy atom. The minimum atomic E-state index is -0.620. The number of nitrogens with zero attached hydrogens (tertiary/aromatic N) is 3.